The SMILES string of the molecule is CCNC(=O)C[C@H]1CC[C@@H]2[C@H](COC[C@@H](O)CN2C(=O)Nc2ccc3c(c2)OCO3)O1. The van der Waals surface area contributed by atoms with E-state index in [-0.39, 0.29) is 63.2 Å². The largest absolute Gasteiger partial charge is 0.454 e. The van der Waals surface area contributed by atoms with Crippen LogP contribution in [0.25, 0.3) is 0 Å². The summed E-state index contributed by atoms with van der Waals surface area (Å²) in [5.41, 5.74) is 0.574. The van der Waals surface area contributed by atoms with Gasteiger partial charge in [-0.15, -0.1) is 0 Å². The van der Waals surface area contributed by atoms with Crippen LogP contribution in [0.1, 0.15) is 26.2 Å². The fourth-order valence-electron chi connectivity index (χ4n) is 4.22. The van der Waals surface area contributed by atoms with Crippen LogP contribution in [0.5, 0.6) is 11.5 Å². The molecular formula is C21H29N3O7. The minimum atomic E-state index is -0.795. The lowest BCUT2D eigenvalue weighted by Gasteiger charge is -2.44. The van der Waals surface area contributed by atoms with E-state index in [0.29, 0.717) is 36.6 Å². The van der Waals surface area contributed by atoms with E-state index < -0.39 is 6.10 Å². The van der Waals surface area contributed by atoms with Gasteiger partial charge >= 0.3 is 6.03 Å². The molecule has 10 nitrogen and oxygen atoms in total. The Kier molecular flexibility index (Phi) is 6.79. The van der Waals surface area contributed by atoms with Crippen molar-refractivity contribution in [1.82, 2.24) is 10.2 Å². The molecule has 3 aliphatic rings. The second-order valence-corrected chi connectivity index (χ2v) is 7.94. The highest BCUT2D eigenvalue weighted by molar-refractivity contribution is 5.90. The number of urea groups is 1. The van der Waals surface area contributed by atoms with Crippen LogP contribution in [0, 0.1) is 0 Å². The van der Waals surface area contributed by atoms with Crippen molar-refractivity contribution in [1.29, 1.82) is 0 Å². The van der Waals surface area contributed by atoms with E-state index >= 15 is 0 Å². The van der Waals surface area contributed by atoms with Gasteiger partial charge in [0.1, 0.15) is 6.10 Å². The zero-order chi connectivity index (χ0) is 21.8. The molecule has 0 unspecified atom stereocenters. The van der Waals surface area contributed by atoms with Gasteiger partial charge in [-0.05, 0) is 31.9 Å². The van der Waals surface area contributed by atoms with E-state index in [0.717, 1.165) is 0 Å². The predicted octanol–water partition coefficient (Wildman–Crippen LogP) is 1.08. The Bertz CT molecular complexity index is 805. The molecular weight excluding hydrogens is 406 g/mol. The van der Waals surface area contributed by atoms with Crippen molar-refractivity contribution in [3.8, 4) is 11.5 Å². The molecule has 0 bridgehead atoms. The molecule has 3 aliphatic heterocycles. The number of hydrogen-bond acceptors (Lipinski definition) is 7. The van der Waals surface area contributed by atoms with Gasteiger partial charge in [-0.25, -0.2) is 4.79 Å². The average molecular weight is 435 g/mol. The van der Waals surface area contributed by atoms with Gasteiger partial charge in [0.15, 0.2) is 11.5 Å². The topological polar surface area (TPSA) is 119 Å². The number of ether oxygens (including phenoxy) is 4. The number of rotatable bonds is 4. The van der Waals surface area contributed by atoms with Gasteiger partial charge in [0, 0.05) is 18.3 Å². The number of fused-ring (bicyclic) bond motifs is 2. The summed E-state index contributed by atoms with van der Waals surface area (Å²) in [7, 11) is 0. The van der Waals surface area contributed by atoms with Gasteiger partial charge in [0.2, 0.25) is 12.7 Å². The molecule has 4 rings (SSSR count). The van der Waals surface area contributed by atoms with Crippen molar-refractivity contribution in [2.45, 2.75) is 50.5 Å². The molecule has 0 spiro atoms. The normalized spacial score (nSPS) is 27.6. The third-order valence-corrected chi connectivity index (χ3v) is 5.65. The fraction of sp³-hybridized carbons (Fsp3) is 0.619. The molecule has 10 heteroatoms. The molecule has 3 N–H and O–H groups in total. The highest BCUT2D eigenvalue weighted by Gasteiger charge is 2.40. The second kappa shape index (κ2) is 9.71. The van der Waals surface area contributed by atoms with Crippen LogP contribution in [-0.4, -0.2) is 79.4 Å². The molecule has 1 aromatic carbocycles. The molecule has 1 aromatic rings. The maximum atomic E-state index is 13.1. The first-order valence-corrected chi connectivity index (χ1v) is 10.7. The van der Waals surface area contributed by atoms with Crippen LogP contribution < -0.4 is 20.1 Å². The number of amides is 3. The molecule has 0 saturated carbocycles. The number of nitrogens with one attached hydrogen (secondary N) is 2. The molecule has 2 fully saturated rings. The van der Waals surface area contributed by atoms with Crippen molar-refractivity contribution in [2.24, 2.45) is 0 Å². The average Bonchev–Trinajstić information content (AvgIpc) is 3.19. The summed E-state index contributed by atoms with van der Waals surface area (Å²) in [4.78, 5) is 26.7. The Morgan fingerprint density at radius 3 is 2.87 bits per heavy atom. The van der Waals surface area contributed by atoms with Crippen molar-refractivity contribution in [3.05, 3.63) is 18.2 Å². The first-order chi connectivity index (χ1) is 15.0. The van der Waals surface area contributed by atoms with E-state index in [9.17, 15) is 14.7 Å². The van der Waals surface area contributed by atoms with Gasteiger partial charge in [-0.3, -0.25) is 4.79 Å². The van der Waals surface area contributed by atoms with Gasteiger partial charge < -0.3 is 39.6 Å². The van der Waals surface area contributed by atoms with Crippen LogP contribution in [0.15, 0.2) is 18.2 Å². The van der Waals surface area contributed by atoms with Crippen LogP contribution in [0.2, 0.25) is 0 Å². The number of nitrogens with zero attached hydrogens (tertiary/aromatic N) is 1. The lowest BCUT2D eigenvalue weighted by molar-refractivity contribution is -0.149. The standard InChI is InChI=1S/C21H29N3O7/c1-2-22-20(26)8-15-4-5-16-19(31-15)11-28-10-14(25)9-24(16)21(27)23-13-3-6-17-18(7-13)30-12-29-17/h3,6-7,14-16,19,25H,2,4-5,8-12H2,1H3,(H,22,26)(H,23,27)/t14-,15+,16+,19-/m0/s1. The summed E-state index contributed by atoms with van der Waals surface area (Å²) in [5, 5.41) is 15.9. The molecule has 170 valence electrons. The highest BCUT2D eigenvalue weighted by atomic mass is 16.7. The van der Waals surface area contributed by atoms with E-state index in [1.165, 1.54) is 0 Å². The lowest BCUT2D eigenvalue weighted by atomic mass is 9.95. The maximum Gasteiger partial charge on any atom is 0.322 e. The molecule has 0 radical (unpaired) electrons. The third kappa shape index (κ3) is 5.20. The van der Waals surface area contributed by atoms with Crippen LogP contribution in [-0.2, 0) is 14.3 Å². The Morgan fingerprint density at radius 2 is 2.03 bits per heavy atom. The number of aliphatic hydroxyl groups is 1. The molecule has 4 atom stereocenters. The smallest absolute Gasteiger partial charge is 0.322 e. The van der Waals surface area contributed by atoms with Gasteiger partial charge in [-0.2, -0.15) is 0 Å². The van der Waals surface area contributed by atoms with E-state index in [2.05, 4.69) is 10.6 Å². The summed E-state index contributed by atoms with van der Waals surface area (Å²) in [6.07, 6.45) is 0.184. The second-order valence-electron chi connectivity index (χ2n) is 7.94. The van der Waals surface area contributed by atoms with E-state index in [4.69, 9.17) is 18.9 Å². The Balaban J connectivity index is 1.44. The summed E-state index contributed by atoms with van der Waals surface area (Å²) in [6.45, 7) is 3.10. The minimum Gasteiger partial charge on any atom is -0.454 e. The van der Waals surface area contributed by atoms with Crippen LogP contribution >= 0.6 is 0 Å². The molecule has 3 heterocycles. The molecule has 31 heavy (non-hydrogen) atoms. The highest BCUT2D eigenvalue weighted by Crippen LogP contribution is 2.34. The molecule has 0 aromatic heterocycles. The first kappa shape index (κ1) is 21.7. The van der Waals surface area contributed by atoms with Crippen LogP contribution in [0.4, 0.5) is 10.5 Å². The zero-order valence-corrected chi connectivity index (χ0v) is 17.5. The zero-order valence-electron chi connectivity index (χ0n) is 17.5. The molecule has 0 aliphatic carbocycles. The molecule has 3 amide bonds. The van der Waals surface area contributed by atoms with E-state index in [1.807, 2.05) is 6.92 Å². The number of hydrogen-bond donors (Lipinski definition) is 3. The number of β-amino-alcohol motifs (C(OH)–C–C–N with tert-alkyl or cyclic N) is 1. The molecule has 2 saturated heterocycles. The quantitative estimate of drug-likeness (QED) is 0.648. The Morgan fingerprint density at radius 1 is 1.19 bits per heavy atom. The van der Waals surface area contributed by atoms with Crippen molar-refractivity contribution in [3.63, 3.8) is 0 Å². The summed E-state index contributed by atoms with van der Waals surface area (Å²) in [6, 6.07) is 4.59. The predicted molar refractivity (Wildman–Crippen MR) is 110 cm³/mol. The fourth-order valence-corrected chi connectivity index (χ4v) is 4.22. The van der Waals surface area contributed by atoms with Crippen molar-refractivity contribution >= 4 is 17.6 Å². The first-order valence-electron chi connectivity index (χ1n) is 10.7. The van der Waals surface area contributed by atoms with Gasteiger partial charge in [-0.1, -0.05) is 0 Å². The maximum absolute atomic E-state index is 13.1. The number of carbonyl (C=O) groups is 2. The summed E-state index contributed by atoms with van der Waals surface area (Å²) >= 11 is 0. The number of aliphatic hydroxyl groups excluding tert-OH is 1. The minimum absolute atomic E-state index is 0.0504. The lowest BCUT2D eigenvalue weighted by Crippen LogP contribution is -2.58. The van der Waals surface area contributed by atoms with Gasteiger partial charge in [0.25, 0.3) is 0 Å². The third-order valence-electron chi connectivity index (χ3n) is 5.65. The summed E-state index contributed by atoms with van der Waals surface area (Å²) in [5.74, 6) is 1.16. The Labute approximate surface area is 180 Å². The van der Waals surface area contributed by atoms with Gasteiger partial charge in [0.05, 0.1) is 44.4 Å². The summed E-state index contributed by atoms with van der Waals surface area (Å²) < 4.78 is 22.4. The van der Waals surface area contributed by atoms with Crippen LogP contribution in [0.3, 0.4) is 0 Å². The number of anilines is 1. The Hall–Kier alpha value is -2.56. The number of carbonyl (C=O) groups excluding carboxylic acids is 2. The van der Waals surface area contributed by atoms with Crippen molar-refractivity contribution in [2.75, 3.05) is 38.4 Å². The van der Waals surface area contributed by atoms with E-state index in [1.54, 1.807) is 23.1 Å². The monoisotopic (exact) mass is 435 g/mol. The van der Waals surface area contributed by atoms with Crippen molar-refractivity contribution < 1.29 is 33.6 Å². The number of benzene rings is 1.